The van der Waals surface area contributed by atoms with Crippen LogP contribution in [0.4, 0.5) is 11.8 Å². The molecular formula is C22H29ClN6O. The zero-order chi connectivity index (χ0) is 21.0. The maximum atomic E-state index is 6.16. The van der Waals surface area contributed by atoms with E-state index in [9.17, 15) is 0 Å². The quantitative estimate of drug-likeness (QED) is 0.736. The minimum atomic E-state index is 0.00363. The minimum Gasteiger partial charge on any atom is -0.383 e. The number of amidine groups is 1. The van der Waals surface area contributed by atoms with Gasteiger partial charge in [0.2, 0.25) is 5.95 Å². The number of ether oxygens (including phenoxy) is 1. The lowest BCUT2D eigenvalue weighted by atomic mass is 9.71. The highest BCUT2D eigenvalue weighted by atomic mass is 35.5. The highest BCUT2D eigenvalue weighted by Gasteiger charge is 2.41. The van der Waals surface area contributed by atoms with E-state index in [1.54, 1.807) is 7.11 Å². The topological polar surface area (TPSA) is 74.7 Å². The van der Waals surface area contributed by atoms with E-state index in [0.717, 1.165) is 66.7 Å². The Morgan fingerprint density at radius 3 is 2.90 bits per heavy atom. The molecule has 0 amide bonds. The largest absolute Gasteiger partial charge is 0.383 e. The van der Waals surface area contributed by atoms with Gasteiger partial charge in [-0.15, -0.1) is 0 Å². The fraction of sp³-hybridized carbons (Fsp3) is 0.500. The van der Waals surface area contributed by atoms with Crippen LogP contribution < -0.4 is 15.5 Å². The highest BCUT2D eigenvalue weighted by molar-refractivity contribution is 6.30. The number of benzene rings is 1. The van der Waals surface area contributed by atoms with Crippen molar-refractivity contribution in [3.05, 3.63) is 46.6 Å². The Hall–Kier alpha value is -2.22. The van der Waals surface area contributed by atoms with Gasteiger partial charge >= 0.3 is 0 Å². The first kappa shape index (κ1) is 21.0. The number of halogens is 1. The number of piperidine rings is 1. The zero-order valence-corrected chi connectivity index (χ0v) is 18.4. The number of aliphatic imine (C=N–C) groups is 1. The van der Waals surface area contributed by atoms with Crippen molar-refractivity contribution in [2.24, 2.45) is 10.4 Å². The Morgan fingerprint density at radius 1 is 1.30 bits per heavy atom. The molecule has 2 aliphatic heterocycles. The fourth-order valence-corrected chi connectivity index (χ4v) is 4.38. The Kier molecular flexibility index (Phi) is 6.51. The number of aromatic nitrogens is 2. The van der Waals surface area contributed by atoms with Crippen molar-refractivity contribution in [3.8, 4) is 0 Å². The van der Waals surface area contributed by atoms with Crippen molar-refractivity contribution in [2.75, 3.05) is 50.6 Å². The lowest BCUT2D eigenvalue weighted by Gasteiger charge is -2.42. The first-order chi connectivity index (χ1) is 14.6. The molecule has 0 bridgehead atoms. The van der Waals surface area contributed by atoms with E-state index in [1.165, 1.54) is 0 Å². The van der Waals surface area contributed by atoms with Crippen molar-refractivity contribution in [1.82, 2.24) is 15.3 Å². The molecule has 2 aliphatic rings. The van der Waals surface area contributed by atoms with Gasteiger partial charge < -0.3 is 20.3 Å². The molecule has 1 saturated heterocycles. The van der Waals surface area contributed by atoms with Gasteiger partial charge in [-0.1, -0.05) is 23.7 Å². The van der Waals surface area contributed by atoms with Gasteiger partial charge in [-0.3, -0.25) is 4.99 Å². The number of rotatable bonds is 6. The first-order valence-corrected chi connectivity index (χ1v) is 10.8. The third-order valence-corrected chi connectivity index (χ3v) is 6.20. The van der Waals surface area contributed by atoms with Crippen molar-refractivity contribution < 1.29 is 4.74 Å². The Labute approximate surface area is 182 Å². The summed E-state index contributed by atoms with van der Waals surface area (Å²) in [6.45, 7) is 3.95. The molecule has 0 aliphatic carbocycles. The molecule has 160 valence electrons. The third kappa shape index (κ3) is 4.58. The van der Waals surface area contributed by atoms with Crippen LogP contribution in [-0.4, -0.2) is 56.2 Å². The smallest absolute Gasteiger partial charge is 0.227 e. The first-order valence-electron chi connectivity index (χ1n) is 10.4. The van der Waals surface area contributed by atoms with E-state index in [2.05, 4.69) is 21.7 Å². The molecule has 1 fully saturated rings. The van der Waals surface area contributed by atoms with Gasteiger partial charge in [-0.2, -0.15) is 4.98 Å². The SMILES string of the molecule is COCCN(C)c1ncc2c(n1)NC(=NCc1cccc(Cl)c1)C1(CCNCC1)C2. The summed E-state index contributed by atoms with van der Waals surface area (Å²) in [5.74, 6) is 2.58. The van der Waals surface area contributed by atoms with Crippen molar-refractivity contribution in [2.45, 2.75) is 25.8 Å². The van der Waals surface area contributed by atoms with Crippen LogP contribution in [0.25, 0.3) is 0 Å². The van der Waals surface area contributed by atoms with Crippen LogP contribution >= 0.6 is 11.6 Å². The number of anilines is 2. The summed E-state index contributed by atoms with van der Waals surface area (Å²) in [5.41, 5.74) is 2.26. The summed E-state index contributed by atoms with van der Waals surface area (Å²) >= 11 is 6.16. The molecule has 0 radical (unpaired) electrons. The summed E-state index contributed by atoms with van der Waals surface area (Å²) in [4.78, 5) is 16.4. The van der Waals surface area contributed by atoms with Crippen molar-refractivity contribution in [3.63, 3.8) is 0 Å². The number of nitrogens with zero attached hydrogens (tertiary/aromatic N) is 4. The van der Waals surface area contributed by atoms with E-state index in [-0.39, 0.29) is 5.41 Å². The van der Waals surface area contributed by atoms with Crippen LogP contribution in [0.2, 0.25) is 5.02 Å². The van der Waals surface area contributed by atoms with Crippen molar-refractivity contribution >= 4 is 29.2 Å². The summed E-state index contributed by atoms with van der Waals surface area (Å²) in [6.07, 6.45) is 4.96. The maximum absolute atomic E-state index is 6.16. The highest BCUT2D eigenvalue weighted by Crippen LogP contribution is 2.40. The van der Waals surface area contributed by atoms with E-state index in [4.69, 9.17) is 26.3 Å². The molecule has 0 atom stereocenters. The summed E-state index contributed by atoms with van der Waals surface area (Å²) in [5, 5.41) is 7.79. The standard InChI is InChI=1S/C22H29ClN6O/c1-29(10-11-30-2)21-26-15-17-13-22(6-8-24-9-7-22)20(27-19(17)28-21)25-14-16-4-3-5-18(23)12-16/h3-5,12,15,24H,6-11,13-14H2,1-2H3,(H,25,26,27,28). The second-order valence-electron chi connectivity index (χ2n) is 8.09. The molecule has 1 aromatic heterocycles. The molecular weight excluding hydrogens is 400 g/mol. The molecule has 4 rings (SSSR count). The molecule has 1 aromatic carbocycles. The monoisotopic (exact) mass is 428 g/mol. The Bertz CT molecular complexity index is 912. The number of hydrogen-bond donors (Lipinski definition) is 2. The van der Waals surface area contributed by atoms with E-state index >= 15 is 0 Å². The van der Waals surface area contributed by atoms with E-state index < -0.39 is 0 Å². The zero-order valence-electron chi connectivity index (χ0n) is 17.6. The van der Waals surface area contributed by atoms with Crippen LogP contribution in [0.1, 0.15) is 24.0 Å². The van der Waals surface area contributed by atoms with Crippen LogP contribution in [0, 0.1) is 5.41 Å². The molecule has 7 nitrogen and oxygen atoms in total. The number of hydrogen-bond acceptors (Lipinski definition) is 6. The van der Waals surface area contributed by atoms with Crippen molar-refractivity contribution in [1.29, 1.82) is 0 Å². The summed E-state index contributed by atoms with van der Waals surface area (Å²) in [7, 11) is 3.68. The van der Waals surface area contributed by atoms with E-state index in [0.29, 0.717) is 19.1 Å². The number of nitrogens with one attached hydrogen (secondary N) is 2. The second-order valence-corrected chi connectivity index (χ2v) is 8.52. The summed E-state index contributed by atoms with van der Waals surface area (Å²) < 4.78 is 5.17. The van der Waals surface area contributed by atoms with Gasteiger partial charge in [-0.05, 0) is 50.0 Å². The molecule has 2 N–H and O–H groups in total. The van der Waals surface area contributed by atoms with Crippen LogP contribution in [0.5, 0.6) is 0 Å². The molecule has 30 heavy (non-hydrogen) atoms. The minimum absolute atomic E-state index is 0.00363. The Balaban J connectivity index is 1.62. The lowest BCUT2D eigenvalue weighted by molar-refractivity contribution is 0.206. The molecule has 2 aromatic rings. The van der Waals surface area contributed by atoms with Crippen LogP contribution in [0.3, 0.4) is 0 Å². The van der Waals surface area contributed by atoms with E-state index in [1.807, 2.05) is 36.3 Å². The Morgan fingerprint density at radius 2 is 2.13 bits per heavy atom. The van der Waals surface area contributed by atoms with Gasteiger partial charge in [-0.25, -0.2) is 4.98 Å². The predicted octanol–water partition coefficient (Wildman–Crippen LogP) is 3.15. The van der Waals surface area contributed by atoms with Crippen LogP contribution in [-0.2, 0) is 17.7 Å². The lowest BCUT2D eigenvalue weighted by Crippen LogP contribution is -2.49. The average molecular weight is 429 g/mol. The number of methoxy groups -OCH3 is 1. The average Bonchev–Trinajstić information content (AvgIpc) is 2.76. The molecule has 8 heteroatoms. The maximum Gasteiger partial charge on any atom is 0.227 e. The number of fused-ring (bicyclic) bond motifs is 1. The molecule has 0 unspecified atom stereocenters. The van der Waals surface area contributed by atoms with Gasteiger partial charge in [0.1, 0.15) is 11.7 Å². The van der Waals surface area contributed by atoms with Gasteiger partial charge in [0.15, 0.2) is 0 Å². The van der Waals surface area contributed by atoms with Gasteiger partial charge in [0, 0.05) is 42.9 Å². The summed E-state index contributed by atoms with van der Waals surface area (Å²) in [6, 6.07) is 7.90. The number of likely N-dealkylation sites (N-methyl/N-ethyl adjacent to an activating group) is 1. The molecule has 0 saturated carbocycles. The van der Waals surface area contributed by atoms with Crippen LogP contribution in [0.15, 0.2) is 35.5 Å². The van der Waals surface area contributed by atoms with Gasteiger partial charge in [0.25, 0.3) is 0 Å². The molecule has 1 spiro atoms. The fourth-order valence-electron chi connectivity index (χ4n) is 4.17. The van der Waals surface area contributed by atoms with Gasteiger partial charge in [0.05, 0.1) is 13.2 Å². The second kappa shape index (κ2) is 9.29. The third-order valence-electron chi connectivity index (χ3n) is 5.96. The molecule has 3 heterocycles. The predicted molar refractivity (Wildman–Crippen MR) is 122 cm³/mol. The normalized spacial score (nSPS) is 18.8.